The van der Waals surface area contributed by atoms with Crippen LogP contribution in [0.3, 0.4) is 0 Å². The molecule has 0 unspecified atom stereocenters. The molecule has 1 atom stereocenters. The van der Waals surface area contributed by atoms with Gasteiger partial charge in [0.25, 0.3) is 5.91 Å². The molecule has 140 valence electrons. The molecule has 2 aromatic rings. The molecule has 1 aromatic heterocycles. The van der Waals surface area contributed by atoms with Crippen molar-refractivity contribution in [2.75, 3.05) is 25.2 Å². The molecule has 1 aliphatic rings. The fraction of sp³-hybridized carbons (Fsp3) is 0.471. The number of rotatable bonds is 5. The minimum Gasteiger partial charge on any atom is -0.494 e. The third-order valence-corrected chi connectivity index (χ3v) is 6.32. The first-order valence-corrected chi connectivity index (χ1v) is 10.3. The predicted octanol–water partition coefficient (Wildman–Crippen LogP) is 1.23. The first kappa shape index (κ1) is 18.4. The van der Waals surface area contributed by atoms with E-state index in [1.54, 1.807) is 18.7 Å². The molecule has 0 spiro atoms. The summed E-state index contributed by atoms with van der Waals surface area (Å²) < 4.78 is 30.3. The highest BCUT2D eigenvalue weighted by atomic mass is 32.2. The Morgan fingerprint density at radius 3 is 2.62 bits per heavy atom. The van der Waals surface area contributed by atoms with Crippen LogP contribution in [0.5, 0.6) is 5.75 Å². The molecule has 1 aromatic carbocycles. The number of nitrogens with zero attached hydrogens (tertiary/aromatic N) is 4. The Morgan fingerprint density at radius 2 is 2.04 bits per heavy atom. The summed E-state index contributed by atoms with van der Waals surface area (Å²) in [6.45, 7) is 4.27. The van der Waals surface area contributed by atoms with E-state index in [1.165, 1.54) is 4.90 Å². The highest BCUT2D eigenvalue weighted by Gasteiger charge is 2.34. The average molecular weight is 378 g/mol. The van der Waals surface area contributed by atoms with Gasteiger partial charge in [0.05, 0.1) is 29.5 Å². The number of ether oxygens (including phenoxy) is 1. The zero-order chi connectivity index (χ0) is 18.9. The van der Waals surface area contributed by atoms with E-state index in [0.717, 1.165) is 11.4 Å². The van der Waals surface area contributed by atoms with Crippen molar-refractivity contribution in [2.24, 2.45) is 0 Å². The summed E-state index contributed by atoms with van der Waals surface area (Å²) in [6, 6.07) is 7.03. The number of sulfone groups is 1. The summed E-state index contributed by atoms with van der Waals surface area (Å²) >= 11 is 0. The van der Waals surface area contributed by atoms with Gasteiger partial charge in [0.2, 0.25) is 0 Å². The first-order valence-electron chi connectivity index (χ1n) is 8.45. The SMILES string of the molecule is CCOc1ccc(-n2nnc(C(=O)N(C)[C@@H]3CCS(=O)(=O)C3)c2C)cc1. The fourth-order valence-corrected chi connectivity index (χ4v) is 4.81. The van der Waals surface area contributed by atoms with Crippen molar-refractivity contribution in [3.8, 4) is 11.4 Å². The van der Waals surface area contributed by atoms with Gasteiger partial charge >= 0.3 is 0 Å². The van der Waals surface area contributed by atoms with E-state index in [0.29, 0.717) is 18.7 Å². The zero-order valence-corrected chi connectivity index (χ0v) is 15.9. The van der Waals surface area contributed by atoms with Crippen molar-refractivity contribution >= 4 is 15.7 Å². The number of benzene rings is 1. The van der Waals surface area contributed by atoms with Gasteiger partial charge in [-0.25, -0.2) is 13.1 Å². The van der Waals surface area contributed by atoms with Crippen molar-refractivity contribution in [3.05, 3.63) is 35.7 Å². The Balaban J connectivity index is 1.81. The van der Waals surface area contributed by atoms with Crippen LogP contribution in [0.15, 0.2) is 24.3 Å². The fourth-order valence-electron chi connectivity index (χ4n) is 3.04. The van der Waals surface area contributed by atoms with Gasteiger partial charge in [-0.05, 0) is 44.5 Å². The van der Waals surface area contributed by atoms with Crippen LogP contribution in [0, 0.1) is 6.92 Å². The number of aromatic nitrogens is 3. The molecule has 8 nitrogen and oxygen atoms in total. The quantitative estimate of drug-likeness (QED) is 0.777. The molecule has 0 aliphatic carbocycles. The van der Waals surface area contributed by atoms with Crippen LogP contribution in [0.1, 0.15) is 29.5 Å². The normalized spacial score (nSPS) is 18.7. The molecule has 1 aliphatic heterocycles. The molecule has 2 heterocycles. The summed E-state index contributed by atoms with van der Waals surface area (Å²) in [5.41, 5.74) is 1.60. The summed E-state index contributed by atoms with van der Waals surface area (Å²) in [6.07, 6.45) is 0.455. The Bertz CT molecular complexity index is 905. The predicted molar refractivity (Wildman–Crippen MR) is 96.4 cm³/mol. The highest BCUT2D eigenvalue weighted by molar-refractivity contribution is 7.91. The largest absolute Gasteiger partial charge is 0.494 e. The van der Waals surface area contributed by atoms with Gasteiger partial charge in [-0.1, -0.05) is 5.21 Å². The Labute approximate surface area is 152 Å². The maximum absolute atomic E-state index is 12.7. The number of hydrogen-bond acceptors (Lipinski definition) is 6. The molecule has 1 amide bonds. The molecule has 3 rings (SSSR count). The minimum atomic E-state index is -3.06. The Hall–Kier alpha value is -2.42. The zero-order valence-electron chi connectivity index (χ0n) is 15.0. The van der Waals surface area contributed by atoms with Crippen molar-refractivity contribution in [1.29, 1.82) is 0 Å². The van der Waals surface area contributed by atoms with Crippen LogP contribution in [-0.4, -0.2) is 65.4 Å². The summed E-state index contributed by atoms with van der Waals surface area (Å²) in [4.78, 5) is 14.2. The minimum absolute atomic E-state index is 0.00131. The van der Waals surface area contributed by atoms with Crippen molar-refractivity contribution in [1.82, 2.24) is 19.9 Å². The number of carbonyl (C=O) groups is 1. The third-order valence-electron chi connectivity index (χ3n) is 4.57. The molecule has 0 bridgehead atoms. The van der Waals surface area contributed by atoms with Crippen LogP contribution >= 0.6 is 0 Å². The highest BCUT2D eigenvalue weighted by Crippen LogP contribution is 2.21. The van der Waals surface area contributed by atoms with Crippen LogP contribution in [0.4, 0.5) is 0 Å². The third kappa shape index (κ3) is 3.57. The number of carbonyl (C=O) groups excluding carboxylic acids is 1. The van der Waals surface area contributed by atoms with Gasteiger partial charge < -0.3 is 9.64 Å². The van der Waals surface area contributed by atoms with Gasteiger partial charge in [0.15, 0.2) is 15.5 Å². The first-order chi connectivity index (χ1) is 12.3. The lowest BCUT2D eigenvalue weighted by molar-refractivity contribution is 0.0741. The van der Waals surface area contributed by atoms with Crippen LogP contribution in [0.2, 0.25) is 0 Å². The van der Waals surface area contributed by atoms with Crippen LogP contribution < -0.4 is 4.74 Å². The smallest absolute Gasteiger partial charge is 0.276 e. The van der Waals surface area contributed by atoms with Gasteiger partial charge in [-0.15, -0.1) is 5.10 Å². The second-order valence-corrected chi connectivity index (χ2v) is 8.56. The summed E-state index contributed by atoms with van der Waals surface area (Å²) in [5, 5.41) is 8.10. The van der Waals surface area contributed by atoms with E-state index in [2.05, 4.69) is 10.3 Å². The van der Waals surface area contributed by atoms with Gasteiger partial charge in [-0.2, -0.15) is 0 Å². The average Bonchev–Trinajstić information content (AvgIpc) is 3.17. The second kappa shape index (κ2) is 7.06. The van der Waals surface area contributed by atoms with Gasteiger partial charge in [0.1, 0.15) is 5.75 Å². The topological polar surface area (TPSA) is 94.4 Å². The molecule has 0 saturated carbocycles. The van der Waals surface area contributed by atoms with E-state index in [-0.39, 0.29) is 29.1 Å². The van der Waals surface area contributed by atoms with E-state index < -0.39 is 9.84 Å². The van der Waals surface area contributed by atoms with Crippen LogP contribution in [0.25, 0.3) is 5.69 Å². The second-order valence-electron chi connectivity index (χ2n) is 6.34. The Morgan fingerprint density at radius 1 is 1.35 bits per heavy atom. The molecular weight excluding hydrogens is 356 g/mol. The van der Waals surface area contributed by atoms with Gasteiger partial charge in [-0.3, -0.25) is 4.79 Å². The molecule has 9 heteroatoms. The monoisotopic (exact) mass is 378 g/mol. The summed E-state index contributed by atoms with van der Waals surface area (Å²) in [5.74, 6) is 0.559. The number of hydrogen-bond donors (Lipinski definition) is 0. The van der Waals surface area contributed by atoms with Gasteiger partial charge in [0, 0.05) is 13.1 Å². The standard InChI is InChI=1S/C17H22N4O4S/c1-4-25-15-7-5-13(6-8-15)21-12(2)16(18-19-21)17(22)20(3)14-9-10-26(23,24)11-14/h5-8,14H,4,9-11H2,1-3H3/t14-/m1/s1. The van der Waals surface area contributed by atoms with E-state index in [1.807, 2.05) is 31.2 Å². The Kier molecular flexibility index (Phi) is 4.99. The lowest BCUT2D eigenvalue weighted by Gasteiger charge is -2.22. The lowest BCUT2D eigenvalue weighted by Crippen LogP contribution is -2.38. The molecular formula is C17H22N4O4S. The van der Waals surface area contributed by atoms with Crippen molar-refractivity contribution in [2.45, 2.75) is 26.3 Å². The molecule has 0 radical (unpaired) electrons. The van der Waals surface area contributed by atoms with Crippen molar-refractivity contribution in [3.63, 3.8) is 0 Å². The lowest BCUT2D eigenvalue weighted by atomic mass is 10.2. The molecule has 26 heavy (non-hydrogen) atoms. The maximum atomic E-state index is 12.7. The number of amides is 1. The maximum Gasteiger partial charge on any atom is 0.276 e. The molecule has 1 saturated heterocycles. The van der Waals surface area contributed by atoms with E-state index in [9.17, 15) is 13.2 Å². The van der Waals surface area contributed by atoms with E-state index in [4.69, 9.17) is 4.74 Å². The van der Waals surface area contributed by atoms with Crippen molar-refractivity contribution < 1.29 is 17.9 Å². The molecule has 1 fully saturated rings. The summed E-state index contributed by atoms with van der Waals surface area (Å²) in [7, 11) is -1.45. The molecule has 0 N–H and O–H groups in total. The van der Waals surface area contributed by atoms with E-state index >= 15 is 0 Å². The van der Waals surface area contributed by atoms with Crippen LogP contribution in [-0.2, 0) is 9.84 Å².